The molecule has 2 aromatic rings. The molecule has 112 valence electrons. The zero-order chi connectivity index (χ0) is 15.6. The van der Waals surface area contributed by atoms with Gasteiger partial charge in [0.05, 0.1) is 4.90 Å². The van der Waals surface area contributed by atoms with Gasteiger partial charge in [-0.25, -0.2) is 8.42 Å². The van der Waals surface area contributed by atoms with Crippen LogP contribution in [-0.4, -0.2) is 19.8 Å². The SMILES string of the molecule is Cc1cc(S(=O)(=O)N(C)Cc2ccccc2)c(C)cc1Br. The number of nitrogens with zero attached hydrogens (tertiary/aromatic N) is 1. The molecule has 0 aliphatic heterocycles. The van der Waals surface area contributed by atoms with E-state index in [2.05, 4.69) is 15.9 Å². The highest BCUT2D eigenvalue weighted by Gasteiger charge is 2.23. The van der Waals surface area contributed by atoms with Gasteiger partial charge < -0.3 is 0 Å². The molecule has 0 N–H and O–H groups in total. The molecule has 0 unspecified atom stereocenters. The molecule has 2 aromatic carbocycles. The number of halogens is 1. The van der Waals surface area contributed by atoms with Gasteiger partial charge in [0.25, 0.3) is 0 Å². The molecule has 2 rings (SSSR count). The first-order chi connectivity index (χ1) is 9.82. The van der Waals surface area contributed by atoms with Crippen molar-refractivity contribution >= 4 is 26.0 Å². The van der Waals surface area contributed by atoms with Crippen molar-refractivity contribution < 1.29 is 8.42 Å². The Hall–Kier alpha value is -1.17. The van der Waals surface area contributed by atoms with Crippen LogP contribution in [0.25, 0.3) is 0 Å². The van der Waals surface area contributed by atoms with Crippen LogP contribution in [-0.2, 0) is 16.6 Å². The minimum absolute atomic E-state index is 0.359. The zero-order valence-electron chi connectivity index (χ0n) is 12.3. The van der Waals surface area contributed by atoms with Crippen LogP contribution in [0.2, 0.25) is 0 Å². The maximum atomic E-state index is 12.7. The van der Waals surface area contributed by atoms with Gasteiger partial charge in [-0.1, -0.05) is 46.3 Å². The van der Waals surface area contributed by atoms with Crippen LogP contribution < -0.4 is 0 Å². The smallest absolute Gasteiger partial charge is 0.207 e. The molecule has 0 fully saturated rings. The van der Waals surface area contributed by atoms with Gasteiger partial charge in [-0.2, -0.15) is 4.31 Å². The highest BCUT2D eigenvalue weighted by molar-refractivity contribution is 9.10. The molecular formula is C16H18BrNO2S. The molecule has 0 saturated heterocycles. The van der Waals surface area contributed by atoms with Crippen LogP contribution in [0.5, 0.6) is 0 Å². The lowest BCUT2D eigenvalue weighted by atomic mass is 10.2. The summed E-state index contributed by atoms with van der Waals surface area (Å²) >= 11 is 3.43. The van der Waals surface area contributed by atoms with Gasteiger partial charge in [-0.05, 0) is 42.7 Å². The third-order valence-electron chi connectivity index (χ3n) is 3.39. The van der Waals surface area contributed by atoms with Crippen molar-refractivity contribution in [1.82, 2.24) is 4.31 Å². The Morgan fingerprint density at radius 2 is 1.67 bits per heavy atom. The largest absolute Gasteiger partial charge is 0.243 e. The molecule has 0 aromatic heterocycles. The molecule has 0 saturated carbocycles. The molecule has 0 spiro atoms. The summed E-state index contributed by atoms with van der Waals surface area (Å²) < 4.78 is 27.8. The van der Waals surface area contributed by atoms with Crippen LogP contribution >= 0.6 is 15.9 Å². The Bertz CT molecular complexity index is 742. The van der Waals surface area contributed by atoms with Crippen LogP contribution in [0.3, 0.4) is 0 Å². The summed E-state index contributed by atoms with van der Waals surface area (Å²) in [5, 5.41) is 0. The van der Waals surface area contributed by atoms with E-state index in [9.17, 15) is 8.42 Å². The van der Waals surface area contributed by atoms with E-state index in [1.807, 2.05) is 50.2 Å². The maximum Gasteiger partial charge on any atom is 0.243 e. The van der Waals surface area contributed by atoms with Crippen molar-refractivity contribution in [3.05, 3.63) is 63.6 Å². The van der Waals surface area contributed by atoms with Crippen LogP contribution in [0.1, 0.15) is 16.7 Å². The second-order valence-corrected chi connectivity index (χ2v) is 7.98. The van der Waals surface area contributed by atoms with Crippen molar-refractivity contribution in [2.45, 2.75) is 25.3 Å². The summed E-state index contributed by atoms with van der Waals surface area (Å²) in [5.41, 5.74) is 2.62. The van der Waals surface area contributed by atoms with Crippen molar-refractivity contribution in [2.75, 3.05) is 7.05 Å². The third-order valence-corrected chi connectivity index (χ3v) is 6.19. The third kappa shape index (κ3) is 3.54. The Kier molecular flexibility index (Phi) is 4.86. The molecule has 0 radical (unpaired) electrons. The van der Waals surface area contributed by atoms with E-state index in [1.165, 1.54) is 4.31 Å². The minimum Gasteiger partial charge on any atom is -0.207 e. The number of aryl methyl sites for hydroxylation is 2. The summed E-state index contributed by atoms with van der Waals surface area (Å²) in [6.45, 7) is 4.06. The van der Waals surface area contributed by atoms with Gasteiger partial charge in [0, 0.05) is 18.1 Å². The van der Waals surface area contributed by atoms with Crippen molar-refractivity contribution in [3.63, 3.8) is 0 Å². The fourth-order valence-corrected chi connectivity index (χ4v) is 4.03. The average Bonchev–Trinajstić information content (AvgIpc) is 2.43. The van der Waals surface area contributed by atoms with E-state index < -0.39 is 10.0 Å². The van der Waals surface area contributed by atoms with E-state index in [-0.39, 0.29) is 0 Å². The number of hydrogen-bond acceptors (Lipinski definition) is 2. The molecule has 0 bridgehead atoms. The molecular weight excluding hydrogens is 350 g/mol. The predicted molar refractivity (Wildman–Crippen MR) is 88.7 cm³/mol. The van der Waals surface area contributed by atoms with Crippen LogP contribution in [0.15, 0.2) is 51.8 Å². The van der Waals surface area contributed by atoms with Gasteiger partial charge in [0.2, 0.25) is 10.0 Å². The zero-order valence-corrected chi connectivity index (χ0v) is 14.7. The molecule has 0 amide bonds. The first kappa shape index (κ1) is 16.2. The quantitative estimate of drug-likeness (QED) is 0.821. The summed E-state index contributed by atoms with van der Waals surface area (Å²) in [6, 6.07) is 13.1. The van der Waals surface area contributed by atoms with Gasteiger partial charge in [-0.3, -0.25) is 0 Å². The summed E-state index contributed by atoms with van der Waals surface area (Å²) in [6.07, 6.45) is 0. The molecule has 0 heterocycles. The number of sulfonamides is 1. The Balaban J connectivity index is 2.36. The Labute approximate surface area is 134 Å². The first-order valence-electron chi connectivity index (χ1n) is 6.59. The minimum atomic E-state index is -3.49. The fourth-order valence-electron chi connectivity index (χ4n) is 2.13. The lowest BCUT2D eigenvalue weighted by Gasteiger charge is -2.19. The van der Waals surface area contributed by atoms with Gasteiger partial charge >= 0.3 is 0 Å². The molecule has 0 aliphatic carbocycles. The second kappa shape index (κ2) is 6.30. The van der Waals surface area contributed by atoms with E-state index in [0.29, 0.717) is 11.4 Å². The monoisotopic (exact) mass is 367 g/mol. The highest BCUT2D eigenvalue weighted by Crippen LogP contribution is 2.26. The average molecular weight is 368 g/mol. The van der Waals surface area contributed by atoms with E-state index in [1.54, 1.807) is 13.1 Å². The lowest BCUT2D eigenvalue weighted by Crippen LogP contribution is -2.27. The van der Waals surface area contributed by atoms with E-state index >= 15 is 0 Å². The fraction of sp³-hybridized carbons (Fsp3) is 0.250. The number of rotatable bonds is 4. The topological polar surface area (TPSA) is 37.4 Å². The van der Waals surface area contributed by atoms with Gasteiger partial charge in [0.15, 0.2) is 0 Å². The normalized spacial score (nSPS) is 11.9. The molecule has 5 heteroatoms. The van der Waals surface area contributed by atoms with Gasteiger partial charge in [-0.15, -0.1) is 0 Å². The number of hydrogen-bond donors (Lipinski definition) is 0. The molecule has 0 atom stereocenters. The van der Waals surface area contributed by atoms with Crippen molar-refractivity contribution in [3.8, 4) is 0 Å². The Morgan fingerprint density at radius 3 is 2.29 bits per heavy atom. The van der Waals surface area contributed by atoms with Gasteiger partial charge in [0.1, 0.15) is 0 Å². The lowest BCUT2D eigenvalue weighted by molar-refractivity contribution is 0.466. The number of benzene rings is 2. The molecule has 0 aliphatic rings. The summed E-state index contributed by atoms with van der Waals surface area (Å²) in [4.78, 5) is 0.363. The van der Waals surface area contributed by atoms with Crippen molar-refractivity contribution in [2.24, 2.45) is 0 Å². The van der Waals surface area contributed by atoms with E-state index in [4.69, 9.17) is 0 Å². The standard InChI is InChI=1S/C16H18BrNO2S/c1-12-10-16(13(2)9-15(12)17)21(19,20)18(3)11-14-7-5-4-6-8-14/h4-10H,11H2,1-3H3. The molecule has 21 heavy (non-hydrogen) atoms. The first-order valence-corrected chi connectivity index (χ1v) is 8.82. The summed E-state index contributed by atoms with van der Waals surface area (Å²) in [7, 11) is -1.88. The maximum absolute atomic E-state index is 12.7. The predicted octanol–water partition coefficient (Wildman–Crippen LogP) is 3.89. The van der Waals surface area contributed by atoms with Crippen LogP contribution in [0.4, 0.5) is 0 Å². The van der Waals surface area contributed by atoms with Crippen LogP contribution in [0, 0.1) is 13.8 Å². The highest BCUT2D eigenvalue weighted by atomic mass is 79.9. The summed E-state index contributed by atoms with van der Waals surface area (Å²) in [5.74, 6) is 0. The van der Waals surface area contributed by atoms with Crippen molar-refractivity contribution in [1.29, 1.82) is 0 Å². The van der Waals surface area contributed by atoms with E-state index in [0.717, 1.165) is 21.2 Å². The Morgan fingerprint density at radius 1 is 1.05 bits per heavy atom. The molecule has 3 nitrogen and oxygen atoms in total. The second-order valence-electron chi connectivity index (χ2n) is 5.11.